The molecule has 0 spiro atoms. The van der Waals surface area contributed by atoms with Crippen molar-refractivity contribution in [2.45, 2.75) is 180 Å². The summed E-state index contributed by atoms with van der Waals surface area (Å²) in [7, 11) is 0. The van der Waals surface area contributed by atoms with Gasteiger partial charge in [-0.2, -0.15) is 23.5 Å². The van der Waals surface area contributed by atoms with Crippen LogP contribution in [-0.2, 0) is 0 Å². The van der Waals surface area contributed by atoms with Crippen LogP contribution in [0.3, 0.4) is 0 Å². The summed E-state index contributed by atoms with van der Waals surface area (Å²) in [5.41, 5.74) is 0. The molecule has 2 atom stereocenters. The molecule has 0 aliphatic heterocycles. The Labute approximate surface area is 225 Å². The van der Waals surface area contributed by atoms with E-state index in [1.165, 1.54) is 178 Å². The van der Waals surface area contributed by atoms with Crippen molar-refractivity contribution in [1.29, 1.82) is 0 Å². The molecule has 0 heterocycles. The van der Waals surface area contributed by atoms with E-state index in [1.807, 2.05) is 0 Å². The Morgan fingerprint density at radius 3 is 1.50 bits per heavy atom. The predicted molar refractivity (Wildman–Crippen MR) is 164 cm³/mol. The normalized spacial score (nSPS) is 18.5. The molecule has 2 heteroatoms. The van der Waals surface area contributed by atoms with Crippen molar-refractivity contribution in [3.8, 4) is 0 Å². The minimum Gasteiger partial charge on any atom is -0.162 e. The van der Waals surface area contributed by atoms with Gasteiger partial charge in [0, 0.05) is 5.25 Å². The second kappa shape index (κ2) is 26.8. The summed E-state index contributed by atoms with van der Waals surface area (Å²) in [6.45, 7) is 4.62. The van der Waals surface area contributed by atoms with Crippen molar-refractivity contribution in [3.63, 3.8) is 0 Å². The molecule has 34 heavy (non-hydrogen) atoms. The third kappa shape index (κ3) is 21.9. The minimum absolute atomic E-state index is 0.990. The zero-order valence-electron chi connectivity index (χ0n) is 23.8. The summed E-state index contributed by atoms with van der Waals surface area (Å²) in [6.07, 6.45) is 36.8. The van der Waals surface area contributed by atoms with E-state index < -0.39 is 0 Å². The molecule has 0 radical (unpaired) electrons. The molecule has 2 unspecified atom stereocenters. The molecule has 0 aromatic carbocycles. The van der Waals surface area contributed by atoms with E-state index in [-0.39, 0.29) is 0 Å². The highest BCUT2D eigenvalue weighted by atomic mass is 32.2. The fourth-order valence-electron chi connectivity index (χ4n) is 5.54. The third-order valence-electron chi connectivity index (χ3n) is 7.90. The summed E-state index contributed by atoms with van der Waals surface area (Å²) in [6, 6.07) is 0. The molecule has 0 N–H and O–H groups in total. The number of hydrogen-bond donors (Lipinski definition) is 0. The molecule has 0 nitrogen and oxygen atoms in total. The molecule has 1 aliphatic carbocycles. The Morgan fingerprint density at radius 1 is 0.500 bits per heavy atom. The topological polar surface area (TPSA) is 0 Å². The van der Waals surface area contributed by atoms with Gasteiger partial charge in [-0.05, 0) is 55.3 Å². The van der Waals surface area contributed by atoms with Crippen molar-refractivity contribution >= 4 is 23.5 Å². The average molecular weight is 513 g/mol. The molecular formula is C32H64S2. The van der Waals surface area contributed by atoms with Crippen LogP contribution in [0.5, 0.6) is 0 Å². The molecule has 204 valence electrons. The fourth-order valence-corrected chi connectivity index (χ4v) is 8.10. The Morgan fingerprint density at radius 2 is 0.971 bits per heavy atom. The zero-order valence-corrected chi connectivity index (χ0v) is 25.4. The molecule has 1 rings (SSSR count). The molecule has 0 bridgehead atoms. The number of rotatable bonds is 26. The van der Waals surface area contributed by atoms with Gasteiger partial charge in [-0.3, -0.25) is 0 Å². The fraction of sp³-hybridized carbons (Fsp3) is 1.00. The van der Waals surface area contributed by atoms with Crippen molar-refractivity contribution in [3.05, 3.63) is 0 Å². The standard InChI is InChI=1S/C32H64S2/c1-3-5-7-9-11-13-15-17-19-21-27-33-29-26-31-24-23-25-32(30-31)34-28-22-20-18-16-14-12-10-8-6-4-2/h31-32H,3-30H2,1-2H3. The van der Waals surface area contributed by atoms with Crippen LogP contribution in [0.4, 0.5) is 0 Å². The first-order valence-corrected chi connectivity index (χ1v) is 18.3. The predicted octanol–water partition coefficient (Wildman–Crippen LogP) is 12.2. The van der Waals surface area contributed by atoms with E-state index in [0.717, 1.165) is 11.2 Å². The highest BCUT2D eigenvalue weighted by molar-refractivity contribution is 7.99. The van der Waals surface area contributed by atoms with E-state index in [0.29, 0.717) is 0 Å². The minimum atomic E-state index is 0.990. The first-order valence-electron chi connectivity index (χ1n) is 16.1. The number of hydrogen-bond acceptors (Lipinski definition) is 2. The van der Waals surface area contributed by atoms with Crippen LogP contribution < -0.4 is 0 Å². The zero-order chi connectivity index (χ0) is 24.4. The Bertz CT molecular complexity index is 383. The lowest BCUT2D eigenvalue weighted by molar-refractivity contribution is 0.359. The molecule has 0 amide bonds. The highest BCUT2D eigenvalue weighted by Crippen LogP contribution is 2.35. The number of thioether (sulfide) groups is 2. The smallest absolute Gasteiger partial charge is 0.00496 e. The SMILES string of the molecule is CCCCCCCCCCCCSCCC1CCCC(SCCCCCCCCCCCC)C1. The lowest BCUT2D eigenvalue weighted by Gasteiger charge is -2.28. The molecule has 0 aromatic rings. The van der Waals surface area contributed by atoms with Gasteiger partial charge in [0.05, 0.1) is 0 Å². The van der Waals surface area contributed by atoms with E-state index in [1.54, 1.807) is 0 Å². The Balaban J connectivity index is 1.83. The van der Waals surface area contributed by atoms with Crippen molar-refractivity contribution < 1.29 is 0 Å². The maximum atomic E-state index is 2.33. The van der Waals surface area contributed by atoms with Crippen LogP contribution in [0, 0.1) is 5.92 Å². The molecule has 0 saturated heterocycles. The van der Waals surface area contributed by atoms with Crippen LogP contribution in [0.15, 0.2) is 0 Å². The molecular weight excluding hydrogens is 448 g/mol. The van der Waals surface area contributed by atoms with E-state index in [2.05, 4.69) is 37.4 Å². The third-order valence-corrected chi connectivity index (χ3v) is 10.4. The van der Waals surface area contributed by atoms with Gasteiger partial charge < -0.3 is 0 Å². The maximum absolute atomic E-state index is 2.33. The summed E-state index contributed by atoms with van der Waals surface area (Å²) in [4.78, 5) is 0. The van der Waals surface area contributed by atoms with Gasteiger partial charge in [-0.1, -0.05) is 142 Å². The molecule has 1 saturated carbocycles. The lowest BCUT2D eigenvalue weighted by atomic mass is 9.87. The van der Waals surface area contributed by atoms with Crippen molar-refractivity contribution in [1.82, 2.24) is 0 Å². The molecule has 0 aromatic heterocycles. The van der Waals surface area contributed by atoms with Crippen molar-refractivity contribution in [2.75, 3.05) is 17.3 Å². The van der Waals surface area contributed by atoms with Crippen LogP contribution in [0.25, 0.3) is 0 Å². The number of unbranched alkanes of at least 4 members (excludes halogenated alkanes) is 18. The largest absolute Gasteiger partial charge is 0.162 e. The van der Waals surface area contributed by atoms with Crippen LogP contribution >= 0.6 is 23.5 Å². The van der Waals surface area contributed by atoms with Gasteiger partial charge >= 0.3 is 0 Å². The van der Waals surface area contributed by atoms with E-state index in [4.69, 9.17) is 0 Å². The average Bonchev–Trinajstić information content (AvgIpc) is 2.85. The van der Waals surface area contributed by atoms with E-state index >= 15 is 0 Å². The Kier molecular flexibility index (Phi) is 25.8. The summed E-state index contributed by atoms with van der Waals surface area (Å²) in [5, 5.41) is 0.990. The van der Waals surface area contributed by atoms with Gasteiger partial charge in [-0.25, -0.2) is 0 Å². The maximum Gasteiger partial charge on any atom is 0.00496 e. The van der Waals surface area contributed by atoms with Gasteiger partial charge in [-0.15, -0.1) is 0 Å². The quantitative estimate of drug-likeness (QED) is 0.106. The van der Waals surface area contributed by atoms with Crippen molar-refractivity contribution in [2.24, 2.45) is 5.92 Å². The highest BCUT2D eigenvalue weighted by Gasteiger charge is 2.21. The summed E-state index contributed by atoms with van der Waals surface area (Å²) >= 11 is 4.59. The van der Waals surface area contributed by atoms with Crippen LogP contribution in [0.2, 0.25) is 0 Å². The van der Waals surface area contributed by atoms with Crippen LogP contribution in [-0.4, -0.2) is 22.5 Å². The Hall–Kier alpha value is 0.700. The second-order valence-electron chi connectivity index (χ2n) is 11.3. The summed E-state index contributed by atoms with van der Waals surface area (Å²) in [5.74, 6) is 5.32. The molecule has 1 aliphatic rings. The monoisotopic (exact) mass is 512 g/mol. The first-order chi connectivity index (χ1) is 16.9. The summed E-state index contributed by atoms with van der Waals surface area (Å²) < 4.78 is 0. The van der Waals surface area contributed by atoms with Gasteiger partial charge in [0.25, 0.3) is 0 Å². The van der Waals surface area contributed by atoms with Crippen LogP contribution in [0.1, 0.15) is 174 Å². The van der Waals surface area contributed by atoms with E-state index in [9.17, 15) is 0 Å². The molecule has 1 fully saturated rings. The lowest BCUT2D eigenvalue weighted by Crippen LogP contribution is -2.18. The van der Waals surface area contributed by atoms with Gasteiger partial charge in [0.1, 0.15) is 0 Å². The van der Waals surface area contributed by atoms with Gasteiger partial charge in [0.15, 0.2) is 0 Å². The van der Waals surface area contributed by atoms with Gasteiger partial charge in [0.2, 0.25) is 0 Å². The first kappa shape index (κ1) is 32.7. The second-order valence-corrected chi connectivity index (χ2v) is 13.9.